The highest BCUT2D eigenvalue weighted by Gasteiger charge is 2.15. The second kappa shape index (κ2) is 9.13. The normalized spacial score (nSPS) is 10.6. The molecule has 0 saturated heterocycles. The molecule has 3 aromatic rings. The van der Waals surface area contributed by atoms with Crippen molar-refractivity contribution in [3.63, 3.8) is 0 Å². The van der Waals surface area contributed by atoms with E-state index in [9.17, 15) is 4.79 Å². The van der Waals surface area contributed by atoms with Crippen LogP contribution in [0.3, 0.4) is 0 Å². The van der Waals surface area contributed by atoms with Crippen LogP contribution in [0.2, 0.25) is 0 Å². The van der Waals surface area contributed by atoms with Crippen molar-refractivity contribution in [3.05, 3.63) is 42.9 Å². The van der Waals surface area contributed by atoms with Gasteiger partial charge in [-0.1, -0.05) is 11.8 Å². The van der Waals surface area contributed by atoms with Crippen LogP contribution in [0.25, 0.3) is 11.5 Å². The maximum atomic E-state index is 12.2. The van der Waals surface area contributed by atoms with Crippen LogP contribution in [0.1, 0.15) is 13.8 Å². The molecule has 1 aromatic carbocycles. The van der Waals surface area contributed by atoms with Gasteiger partial charge in [-0.15, -0.1) is 10.2 Å². The summed E-state index contributed by atoms with van der Waals surface area (Å²) in [5.41, 5.74) is 1.37. The number of benzene rings is 1. The summed E-state index contributed by atoms with van der Waals surface area (Å²) in [6.45, 7) is 5.20. The van der Waals surface area contributed by atoms with Crippen LogP contribution in [0, 0.1) is 0 Å². The van der Waals surface area contributed by atoms with Gasteiger partial charge >= 0.3 is 0 Å². The lowest BCUT2D eigenvalue weighted by atomic mass is 10.3. The molecule has 9 heteroatoms. The van der Waals surface area contributed by atoms with E-state index in [-0.39, 0.29) is 11.7 Å². The summed E-state index contributed by atoms with van der Waals surface area (Å²) in [5.74, 6) is 1.53. The second-order valence-electron chi connectivity index (χ2n) is 5.44. The summed E-state index contributed by atoms with van der Waals surface area (Å²) in [6, 6.07) is 7.28. The molecule has 2 aromatic heterocycles. The molecule has 1 N–H and O–H groups in total. The molecular weight excluding hydrogens is 364 g/mol. The minimum Gasteiger partial charge on any atom is -0.494 e. The number of carbonyl (C=O) groups excluding carboxylic acids is 1. The van der Waals surface area contributed by atoms with Crippen molar-refractivity contribution in [3.8, 4) is 17.3 Å². The Morgan fingerprint density at radius 1 is 1.19 bits per heavy atom. The number of nitrogens with zero attached hydrogens (tertiary/aromatic N) is 5. The Hall–Kier alpha value is -2.94. The highest BCUT2D eigenvalue weighted by molar-refractivity contribution is 7.99. The number of ether oxygens (including phenoxy) is 1. The fourth-order valence-electron chi connectivity index (χ4n) is 2.41. The quantitative estimate of drug-likeness (QED) is 0.597. The fourth-order valence-corrected chi connectivity index (χ4v) is 3.22. The number of nitrogens with one attached hydrogen (secondary N) is 1. The third-order valence-corrected chi connectivity index (χ3v) is 4.57. The third-order valence-electron chi connectivity index (χ3n) is 3.61. The molecule has 0 bridgehead atoms. The number of carbonyl (C=O) groups is 1. The molecule has 0 spiro atoms. The monoisotopic (exact) mass is 384 g/mol. The van der Waals surface area contributed by atoms with E-state index in [1.165, 1.54) is 11.8 Å². The van der Waals surface area contributed by atoms with Gasteiger partial charge in [0.15, 0.2) is 11.0 Å². The van der Waals surface area contributed by atoms with E-state index in [2.05, 4.69) is 25.5 Å². The van der Waals surface area contributed by atoms with E-state index in [0.717, 1.165) is 11.4 Å². The Morgan fingerprint density at radius 3 is 2.67 bits per heavy atom. The number of rotatable bonds is 8. The maximum Gasteiger partial charge on any atom is 0.234 e. The molecule has 2 heterocycles. The van der Waals surface area contributed by atoms with Crippen LogP contribution in [0.4, 0.5) is 5.69 Å². The van der Waals surface area contributed by atoms with Crippen LogP contribution in [-0.2, 0) is 11.3 Å². The predicted octanol–water partition coefficient (Wildman–Crippen LogP) is 2.88. The first-order valence-electron chi connectivity index (χ1n) is 8.56. The number of thioether (sulfide) groups is 1. The van der Waals surface area contributed by atoms with Gasteiger partial charge in [-0.3, -0.25) is 9.78 Å². The molecule has 0 atom stereocenters. The van der Waals surface area contributed by atoms with Crippen LogP contribution < -0.4 is 10.1 Å². The molecule has 0 aliphatic heterocycles. The highest BCUT2D eigenvalue weighted by atomic mass is 32.2. The van der Waals surface area contributed by atoms with Crippen molar-refractivity contribution < 1.29 is 9.53 Å². The molecule has 0 unspecified atom stereocenters. The molecule has 0 aliphatic rings. The summed E-state index contributed by atoms with van der Waals surface area (Å²) in [4.78, 5) is 20.5. The molecule has 0 saturated carbocycles. The van der Waals surface area contributed by atoms with Crippen LogP contribution in [-0.4, -0.2) is 43.0 Å². The zero-order chi connectivity index (χ0) is 19.1. The number of hydrogen-bond donors (Lipinski definition) is 1. The Balaban J connectivity index is 1.61. The molecule has 8 nitrogen and oxygen atoms in total. The minimum atomic E-state index is -0.115. The molecule has 0 radical (unpaired) electrons. The average molecular weight is 384 g/mol. The van der Waals surface area contributed by atoms with Gasteiger partial charge in [-0.25, -0.2) is 4.98 Å². The standard InChI is InChI=1S/C18H20N6O2S/c1-3-24-17(15-11-19-9-10-20-15)22-23-18(24)27-12-16(25)21-13-5-7-14(8-6-13)26-4-2/h5-11H,3-4,12H2,1-2H3,(H,21,25). The molecule has 1 amide bonds. The van der Waals surface area contributed by atoms with Gasteiger partial charge in [0.2, 0.25) is 5.91 Å². The first-order valence-corrected chi connectivity index (χ1v) is 9.55. The summed E-state index contributed by atoms with van der Waals surface area (Å²) in [6.07, 6.45) is 4.86. The van der Waals surface area contributed by atoms with E-state index >= 15 is 0 Å². The van der Waals surface area contributed by atoms with Crippen molar-refractivity contribution in [2.75, 3.05) is 17.7 Å². The lowest BCUT2D eigenvalue weighted by Crippen LogP contribution is -2.14. The van der Waals surface area contributed by atoms with Crippen molar-refractivity contribution in [1.82, 2.24) is 24.7 Å². The topological polar surface area (TPSA) is 94.8 Å². The van der Waals surface area contributed by atoms with Crippen LogP contribution >= 0.6 is 11.8 Å². The van der Waals surface area contributed by atoms with Gasteiger partial charge in [0.1, 0.15) is 11.4 Å². The van der Waals surface area contributed by atoms with Gasteiger partial charge in [0, 0.05) is 24.6 Å². The number of hydrogen-bond acceptors (Lipinski definition) is 7. The molecule has 3 rings (SSSR count). The second-order valence-corrected chi connectivity index (χ2v) is 6.38. The number of anilines is 1. The lowest BCUT2D eigenvalue weighted by molar-refractivity contribution is -0.113. The zero-order valence-corrected chi connectivity index (χ0v) is 15.9. The van der Waals surface area contributed by atoms with E-state index in [1.54, 1.807) is 18.6 Å². The SMILES string of the molecule is CCOc1ccc(NC(=O)CSc2nnc(-c3cnccn3)n2CC)cc1. The summed E-state index contributed by atoms with van der Waals surface area (Å²) < 4.78 is 7.31. The van der Waals surface area contributed by atoms with Crippen molar-refractivity contribution >= 4 is 23.4 Å². The van der Waals surface area contributed by atoms with Crippen LogP contribution in [0.5, 0.6) is 5.75 Å². The Labute approximate surface area is 161 Å². The molecular formula is C18H20N6O2S. The van der Waals surface area contributed by atoms with E-state index in [0.29, 0.717) is 29.8 Å². The first-order chi connectivity index (χ1) is 13.2. The maximum absolute atomic E-state index is 12.2. The van der Waals surface area contributed by atoms with Gasteiger partial charge in [-0.2, -0.15) is 0 Å². The Morgan fingerprint density at radius 2 is 2.00 bits per heavy atom. The van der Waals surface area contributed by atoms with Gasteiger partial charge in [0.25, 0.3) is 0 Å². The van der Waals surface area contributed by atoms with Gasteiger partial charge in [0.05, 0.1) is 18.6 Å². The van der Waals surface area contributed by atoms with Crippen LogP contribution in [0.15, 0.2) is 48.0 Å². The molecule has 0 fully saturated rings. The largest absolute Gasteiger partial charge is 0.494 e. The fraction of sp³-hybridized carbons (Fsp3) is 0.278. The van der Waals surface area contributed by atoms with E-state index < -0.39 is 0 Å². The van der Waals surface area contributed by atoms with Crippen molar-refractivity contribution in [2.45, 2.75) is 25.5 Å². The van der Waals surface area contributed by atoms with Crippen molar-refractivity contribution in [2.24, 2.45) is 0 Å². The molecule has 140 valence electrons. The Bertz CT molecular complexity index is 883. The van der Waals surface area contributed by atoms with Gasteiger partial charge < -0.3 is 14.6 Å². The number of aromatic nitrogens is 5. The number of amides is 1. The third kappa shape index (κ3) is 4.82. The average Bonchev–Trinajstić information content (AvgIpc) is 3.12. The zero-order valence-electron chi connectivity index (χ0n) is 15.1. The summed E-state index contributed by atoms with van der Waals surface area (Å²) in [5, 5.41) is 11.9. The predicted molar refractivity (Wildman–Crippen MR) is 104 cm³/mol. The smallest absolute Gasteiger partial charge is 0.234 e. The lowest BCUT2D eigenvalue weighted by Gasteiger charge is -2.08. The van der Waals surface area contributed by atoms with E-state index in [1.807, 2.05) is 42.7 Å². The van der Waals surface area contributed by atoms with Gasteiger partial charge in [-0.05, 0) is 38.1 Å². The first kappa shape index (κ1) is 18.8. The molecule has 0 aliphatic carbocycles. The summed E-state index contributed by atoms with van der Waals surface area (Å²) in [7, 11) is 0. The van der Waals surface area contributed by atoms with Crippen molar-refractivity contribution in [1.29, 1.82) is 0 Å². The Kier molecular flexibility index (Phi) is 6.37. The molecule has 27 heavy (non-hydrogen) atoms. The highest BCUT2D eigenvalue weighted by Crippen LogP contribution is 2.22. The minimum absolute atomic E-state index is 0.115. The summed E-state index contributed by atoms with van der Waals surface area (Å²) >= 11 is 1.33. The van der Waals surface area contributed by atoms with E-state index in [4.69, 9.17) is 4.74 Å².